The maximum Gasteiger partial charge on any atom is 0.234 e. The van der Waals surface area contributed by atoms with Crippen molar-refractivity contribution >= 4 is 46.6 Å². The number of carbonyl (C=O) groups is 1. The van der Waals surface area contributed by atoms with Crippen molar-refractivity contribution in [2.75, 3.05) is 11.1 Å². The number of amides is 1. The Labute approximate surface area is 246 Å². The molecule has 1 heterocycles. The van der Waals surface area contributed by atoms with Crippen LogP contribution in [0.4, 0.5) is 5.69 Å². The van der Waals surface area contributed by atoms with E-state index < -0.39 is 0 Å². The van der Waals surface area contributed by atoms with Gasteiger partial charge in [-0.1, -0.05) is 83.5 Å². The van der Waals surface area contributed by atoms with Gasteiger partial charge in [0.1, 0.15) is 22.6 Å². The molecule has 0 aliphatic heterocycles. The van der Waals surface area contributed by atoms with Crippen molar-refractivity contribution in [3.05, 3.63) is 125 Å². The number of anilines is 1. The molecule has 40 heavy (non-hydrogen) atoms. The lowest BCUT2D eigenvalue weighted by Crippen LogP contribution is -2.14. The van der Waals surface area contributed by atoms with Gasteiger partial charge in [0.15, 0.2) is 0 Å². The zero-order valence-electron chi connectivity index (χ0n) is 21.0. The minimum Gasteiger partial charge on any atom is -0.457 e. The summed E-state index contributed by atoms with van der Waals surface area (Å²) in [6.45, 7) is 0. The third kappa shape index (κ3) is 6.64. The lowest BCUT2D eigenvalue weighted by atomic mass is 9.99. The van der Waals surface area contributed by atoms with Crippen LogP contribution in [0.15, 0.2) is 114 Å². The highest BCUT2D eigenvalue weighted by Gasteiger charge is 2.18. The Morgan fingerprint density at radius 2 is 1.52 bits per heavy atom. The SMILES string of the molecule is N#Cc1c(-c2ccccc2Cl)cc(-c2ccc(Cl)cc2)nc1SCC(=O)Nc1ccc(Oc2ccccc2)cc1. The number of pyridine rings is 1. The van der Waals surface area contributed by atoms with Crippen LogP contribution in [0.5, 0.6) is 11.5 Å². The van der Waals surface area contributed by atoms with Gasteiger partial charge in [-0.25, -0.2) is 4.98 Å². The second kappa shape index (κ2) is 12.7. The second-order valence-corrected chi connectivity index (χ2v) is 10.4. The first-order valence-electron chi connectivity index (χ1n) is 12.2. The van der Waals surface area contributed by atoms with Crippen LogP contribution in [0, 0.1) is 11.3 Å². The number of nitrogens with one attached hydrogen (secondary N) is 1. The molecule has 5 aromatic rings. The summed E-state index contributed by atoms with van der Waals surface area (Å²) in [7, 11) is 0. The number of benzene rings is 4. The van der Waals surface area contributed by atoms with Crippen LogP contribution in [-0.2, 0) is 4.79 Å². The lowest BCUT2D eigenvalue weighted by Gasteiger charge is -2.14. The topological polar surface area (TPSA) is 75.0 Å². The number of halogens is 2. The number of rotatable bonds is 8. The molecular weight excluding hydrogens is 561 g/mol. The van der Waals surface area contributed by atoms with Crippen LogP contribution in [-0.4, -0.2) is 16.6 Å². The van der Waals surface area contributed by atoms with Crippen molar-refractivity contribution in [1.29, 1.82) is 5.26 Å². The van der Waals surface area contributed by atoms with Gasteiger partial charge >= 0.3 is 0 Å². The van der Waals surface area contributed by atoms with Crippen LogP contribution in [0.2, 0.25) is 10.0 Å². The summed E-state index contributed by atoms with van der Waals surface area (Å²) in [6.07, 6.45) is 0. The van der Waals surface area contributed by atoms with Crippen molar-refractivity contribution in [3.8, 4) is 40.0 Å². The highest BCUT2D eigenvalue weighted by molar-refractivity contribution is 8.00. The van der Waals surface area contributed by atoms with E-state index in [0.717, 1.165) is 11.3 Å². The molecule has 0 fully saturated rings. The Bertz CT molecular complexity index is 1690. The van der Waals surface area contributed by atoms with Crippen molar-refractivity contribution in [2.24, 2.45) is 0 Å². The normalized spacial score (nSPS) is 10.5. The van der Waals surface area contributed by atoms with E-state index in [1.165, 1.54) is 11.8 Å². The first-order valence-corrected chi connectivity index (χ1v) is 14.0. The minimum atomic E-state index is -0.233. The van der Waals surface area contributed by atoms with Gasteiger partial charge in [0, 0.05) is 32.4 Å². The van der Waals surface area contributed by atoms with E-state index in [2.05, 4.69) is 11.4 Å². The second-order valence-electron chi connectivity index (χ2n) is 8.61. The van der Waals surface area contributed by atoms with E-state index in [1.54, 1.807) is 42.5 Å². The fraction of sp³-hybridized carbons (Fsp3) is 0.0312. The van der Waals surface area contributed by atoms with Crippen LogP contribution >= 0.6 is 35.0 Å². The van der Waals surface area contributed by atoms with Gasteiger partial charge in [-0.15, -0.1) is 0 Å². The quantitative estimate of drug-likeness (QED) is 0.185. The van der Waals surface area contributed by atoms with E-state index in [9.17, 15) is 10.1 Å². The van der Waals surface area contributed by atoms with Crippen molar-refractivity contribution in [1.82, 2.24) is 4.98 Å². The largest absolute Gasteiger partial charge is 0.457 e. The first-order chi connectivity index (χ1) is 19.5. The molecule has 0 radical (unpaired) electrons. The molecule has 196 valence electrons. The molecule has 0 saturated heterocycles. The third-order valence-electron chi connectivity index (χ3n) is 5.86. The molecule has 0 saturated carbocycles. The summed E-state index contributed by atoms with van der Waals surface area (Å²) in [5.74, 6) is 1.21. The zero-order chi connectivity index (χ0) is 27.9. The van der Waals surface area contributed by atoms with Gasteiger partial charge < -0.3 is 10.1 Å². The van der Waals surface area contributed by atoms with Gasteiger partial charge in [-0.05, 0) is 60.7 Å². The highest BCUT2D eigenvalue weighted by Crippen LogP contribution is 2.37. The van der Waals surface area contributed by atoms with E-state index >= 15 is 0 Å². The number of nitriles is 1. The monoisotopic (exact) mass is 581 g/mol. The minimum absolute atomic E-state index is 0.0516. The Kier molecular flexibility index (Phi) is 8.68. The summed E-state index contributed by atoms with van der Waals surface area (Å²) in [5.41, 5.74) is 3.80. The zero-order valence-corrected chi connectivity index (χ0v) is 23.3. The van der Waals surface area contributed by atoms with Crippen LogP contribution in [0.25, 0.3) is 22.4 Å². The van der Waals surface area contributed by atoms with Gasteiger partial charge in [0.2, 0.25) is 5.91 Å². The maximum atomic E-state index is 12.9. The Hall–Kier alpha value is -4.28. The molecule has 0 spiro atoms. The fourth-order valence-electron chi connectivity index (χ4n) is 3.96. The predicted molar refractivity (Wildman–Crippen MR) is 162 cm³/mol. The smallest absolute Gasteiger partial charge is 0.234 e. The third-order valence-corrected chi connectivity index (χ3v) is 7.42. The molecule has 0 aliphatic rings. The average Bonchev–Trinajstić information content (AvgIpc) is 2.98. The summed E-state index contributed by atoms with van der Waals surface area (Å²) in [5, 5.41) is 14.5. The van der Waals surface area contributed by atoms with Gasteiger partial charge in [0.05, 0.1) is 17.0 Å². The summed E-state index contributed by atoms with van der Waals surface area (Å²) < 4.78 is 5.81. The molecule has 0 atom stereocenters. The fourth-order valence-corrected chi connectivity index (χ4v) is 5.12. The van der Waals surface area contributed by atoms with Crippen molar-refractivity contribution in [3.63, 3.8) is 0 Å². The molecule has 1 amide bonds. The molecule has 0 aliphatic carbocycles. The van der Waals surface area contributed by atoms with Crippen LogP contribution in [0.1, 0.15) is 5.56 Å². The van der Waals surface area contributed by atoms with Crippen LogP contribution < -0.4 is 10.1 Å². The van der Waals surface area contributed by atoms with E-state index in [4.69, 9.17) is 32.9 Å². The van der Waals surface area contributed by atoms with Crippen molar-refractivity contribution in [2.45, 2.75) is 5.03 Å². The molecule has 4 aromatic carbocycles. The van der Waals surface area contributed by atoms with Gasteiger partial charge in [-0.2, -0.15) is 5.26 Å². The molecule has 5 rings (SSSR count). The number of hydrogen-bond acceptors (Lipinski definition) is 5. The summed E-state index contributed by atoms with van der Waals surface area (Å²) in [6, 6.07) is 35.3. The molecular formula is C32H21Cl2N3O2S. The molecule has 0 unspecified atom stereocenters. The Morgan fingerprint density at radius 3 is 2.23 bits per heavy atom. The van der Waals surface area contributed by atoms with E-state index in [1.807, 2.05) is 66.7 Å². The molecule has 5 nitrogen and oxygen atoms in total. The number of ether oxygens (including phenoxy) is 1. The Morgan fingerprint density at radius 1 is 0.850 bits per heavy atom. The molecule has 1 aromatic heterocycles. The number of aromatic nitrogens is 1. The van der Waals surface area contributed by atoms with Gasteiger partial charge in [0.25, 0.3) is 0 Å². The van der Waals surface area contributed by atoms with E-state index in [-0.39, 0.29) is 11.7 Å². The van der Waals surface area contributed by atoms with Crippen molar-refractivity contribution < 1.29 is 9.53 Å². The number of thioether (sulfide) groups is 1. The first kappa shape index (κ1) is 27.3. The van der Waals surface area contributed by atoms with Gasteiger partial charge in [-0.3, -0.25) is 4.79 Å². The predicted octanol–water partition coefficient (Wildman–Crippen LogP) is 9.12. The highest BCUT2D eigenvalue weighted by atomic mass is 35.5. The van der Waals surface area contributed by atoms with Crippen LogP contribution in [0.3, 0.4) is 0 Å². The lowest BCUT2D eigenvalue weighted by molar-refractivity contribution is -0.113. The summed E-state index contributed by atoms with van der Waals surface area (Å²) >= 11 is 13.8. The summed E-state index contributed by atoms with van der Waals surface area (Å²) in [4.78, 5) is 17.6. The van der Waals surface area contributed by atoms with E-state index in [0.29, 0.717) is 48.9 Å². The maximum absolute atomic E-state index is 12.9. The number of nitrogens with zero attached hydrogens (tertiary/aromatic N) is 2. The average molecular weight is 583 g/mol. The molecule has 1 N–H and O–H groups in total. The Balaban J connectivity index is 1.36. The molecule has 0 bridgehead atoms. The standard InChI is InChI=1S/C32H21Cl2N3O2S/c33-22-12-10-21(11-13-22)30-18-27(26-8-4-5-9-29(26)34)28(19-35)32(37-30)40-20-31(38)36-23-14-16-25(17-15-23)39-24-6-2-1-3-7-24/h1-18H,20H2,(H,36,38). The number of carbonyl (C=O) groups excluding carboxylic acids is 1. The number of hydrogen-bond donors (Lipinski definition) is 1. The number of para-hydroxylation sites is 1. The molecule has 8 heteroatoms.